The average Bonchev–Trinajstić information content (AvgIpc) is 3.09. The van der Waals surface area contributed by atoms with E-state index in [0.717, 1.165) is 38.3 Å². The fraction of sp³-hybridized carbons (Fsp3) is 0.526. The normalized spacial score (nSPS) is 27.0. The van der Waals surface area contributed by atoms with Gasteiger partial charge in [-0.3, -0.25) is 9.69 Å². The first-order chi connectivity index (χ1) is 12.5. The lowest BCUT2D eigenvalue weighted by atomic mass is 9.96. The second-order valence-electron chi connectivity index (χ2n) is 7.46. The number of rotatable bonds is 3. The second kappa shape index (κ2) is 6.46. The summed E-state index contributed by atoms with van der Waals surface area (Å²) in [7, 11) is 2.16. The van der Waals surface area contributed by atoms with Crippen molar-refractivity contribution in [2.45, 2.75) is 18.4 Å². The molecule has 1 radical (unpaired) electrons. The predicted molar refractivity (Wildman–Crippen MR) is 101 cm³/mol. The minimum atomic E-state index is -0.953. The van der Waals surface area contributed by atoms with Crippen molar-refractivity contribution in [1.82, 2.24) is 9.80 Å². The number of carbonyl (C=O) groups is 2. The number of anilines is 2. The minimum absolute atomic E-state index is 0.137. The highest BCUT2D eigenvalue weighted by molar-refractivity contribution is 6.04. The van der Waals surface area contributed by atoms with E-state index in [9.17, 15) is 9.59 Å². The molecule has 2 N–H and O–H groups in total. The van der Waals surface area contributed by atoms with E-state index < -0.39 is 11.4 Å². The van der Waals surface area contributed by atoms with Gasteiger partial charge in [0.05, 0.1) is 6.54 Å². The molecular formula is C19H26N5O2. The van der Waals surface area contributed by atoms with Crippen LogP contribution in [0.15, 0.2) is 24.3 Å². The second-order valence-corrected chi connectivity index (χ2v) is 7.46. The molecule has 3 aliphatic rings. The fourth-order valence-corrected chi connectivity index (χ4v) is 4.27. The zero-order valence-corrected chi connectivity index (χ0v) is 15.2. The zero-order chi connectivity index (χ0) is 18.3. The molecule has 3 heterocycles. The van der Waals surface area contributed by atoms with Crippen LogP contribution in [0, 0.1) is 6.42 Å². The number of benzene rings is 1. The van der Waals surface area contributed by atoms with Gasteiger partial charge in [-0.15, -0.1) is 0 Å². The molecule has 7 nitrogen and oxygen atoms in total. The molecule has 3 aliphatic heterocycles. The van der Waals surface area contributed by atoms with E-state index in [0.29, 0.717) is 19.5 Å². The molecule has 1 atom stereocenters. The Balaban J connectivity index is 1.52. The van der Waals surface area contributed by atoms with Gasteiger partial charge in [-0.1, -0.05) is 0 Å². The van der Waals surface area contributed by atoms with Gasteiger partial charge < -0.3 is 20.4 Å². The van der Waals surface area contributed by atoms with Crippen molar-refractivity contribution in [3.8, 4) is 0 Å². The average molecular weight is 356 g/mol. The Morgan fingerprint density at radius 2 is 1.77 bits per heavy atom. The Kier molecular flexibility index (Phi) is 4.26. The highest BCUT2D eigenvalue weighted by Crippen LogP contribution is 2.38. The van der Waals surface area contributed by atoms with Gasteiger partial charge in [-0.25, -0.2) is 4.79 Å². The van der Waals surface area contributed by atoms with Gasteiger partial charge in [0.2, 0.25) is 5.91 Å². The van der Waals surface area contributed by atoms with Gasteiger partial charge in [0.25, 0.3) is 0 Å². The first-order valence-electron chi connectivity index (χ1n) is 9.28. The van der Waals surface area contributed by atoms with Gasteiger partial charge >= 0.3 is 6.03 Å². The fourth-order valence-electron chi connectivity index (χ4n) is 4.27. The molecule has 7 heteroatoms. The van der Waals surface area contributed by atoms with Crippen LogP contribution in [0.4, 0.5) is 16.2 Å². The monoisotopic (exact) mass is 356 g/mol. The first kappa shape index (κ1) is 17.1. The quantitative estimate of drug-likeness (QED) is 0.873. The Morgan fingerprint density at radius 3 is 2.46 bits per heavy atom. The summed E-state index contributed by atoms with van der Waals surface area (Å²) in [5.74, 6) is -0.448. The maximum Gasteiger partial charge on any atom is 0.325 e. The molecule has 0 spiro atoms. The summed E-state index contributed by atoms with van der Waals surface area (Å²) in [6.45, 7) is 5.08. The van der Waals surface area contributed by atoms with Crippen molar-refractivity contribution in [2.24, 2.45) is 5.73 Å². The Labute approximate surface area is 154 Å². The summed E-state index contributed by atoms with van der Waals surface area (Å²) >= 11 is 0. The van der Waals surface area contributed by atoms with Crippen LogP contribution in [0.5, 0.6) is 0 Å². The number of amides is 3. The molecule has 0 saturated carbocycles. The molecule has 4 rings (SSSR count). The van der Waals surface area contributed by atoms with E-state index in [1.54, 1.807) is 9.80 Å². The summed E-state index contributed by atoms with van der Waals surface area (Å²) in [6, 6.07) is 7.94. The number of likely N-dealkylation sites (N-methyl/N-ethyl adjacent to an activating group) is 1. The maximum atomic E-state index is 12.8. The lowest BCUT2D eigenvalue weighted by molar-refractivity contribution is -0.124. The van der Waals surface area contributed by atoms with Crippen LogP contribution in [-0.2, 0) is 4.79 Å². The number of primary amides is 1. The third-order valence-electron chi connectivity index (χ3n) is 5.85. The maximum absolute atomic E-state index is 12.8. The number of urea groups is 1. The Bertz CT molecular complexity index is 706. The van der Waals surface area contributed by atoms with Gasteiger partial charge in [-0.05, 0) is 50.7 Å². The molecule has 139 valence electrons. The SMILES string of the molecule is CN1CCCN(c2ccc(N3C[C@@]4(C(N)=O)[CH]CCN4C3=O)cc2)CC1. The molecule has 0 aromatic heterocycles. The van der Waals surface area contributed by atoms with E-state index in [-0.39, 0.29) is 6.03 Å². The molecule has 1 aromatic rings. The molecular weight excluding hydrogens is 330 g/mol. The number of nitrogens with two attached hydrogens (primary N) is 1. The van der Waals surface area contributed by atoms with Gasteiger partial charge in [0, 0.05) is 44.0 Å². The molecule has 26 heavy (non-hydrogen) atoms. The van der Waals surface area contributed by atoms with Gasteiger partial charge in [0.1, 0.15) is 5.54 Å². The number of carbonyl (C=O) groups excluding carboxylic acids is 2. The number of fused-ring (bicyclic) bond motifs is 1. The molecule has 3 saturated heterocycles. The molecule has 0 unspecified atom stereocenters. The third kappa shape index (κ3) is 2.70. The summed E-state index contributed by atoms with van der Waals surface area (Å²) in [4.78, 5) is 32.8. The van der Waals surface area contributed by atoms with Crippen LogP contribution >= 0.6 is 0 Å². The van der Waals surface area contributed by atoms with Crippen molar-refractivity contribution < 1.29 is 9.59 Å². The standard InChI is InChI=1S/C19H26N5O2/c1-21-9-3-10-22(13-12-21)15-4-6-16(7-5-15)23-14-19(17(20)25)8-2-11-24(19)18(23)26/h4-8H,2-3,9-14H2,1H3,(H2,20,25)/t19-/m1/s1. The highest BCUT2D eigenvalue weighted by Gasteiger charge is 2.56. The van der Waals surface area contributed by atoms with E-state index in [1.165, 1.54) is 5.69 Å². The smallest absolute Gasteiger partial charge is 0.325 e. The van der Waals surface area contributed by atoms with Crippen LogP contribution in [0.3, 0.4) is 0 Å². The number of hydrogen-bond acceptors (Lipinski definition) is 4. The Morgan fingerprint density at radius 1 is 1.04 bits per heavy atom. The minimum Gasteiger partial charge on any atom is -0.370 e. The van der Waals surface area contributed by atoms with Crippen molar-refractivity contribution >= 4 is 23.3 Å². The molecule has 1 aromatic carbocycles. The van der Waals surface area contributed by atoms with E-state index in [4.69, 9.17) is 5.73 Å². The molecule has 0 aliphatic carbocycles. The van der Waals surface area contributed by atoms with Crippen molar-refractivity contribution in [1.29, 1.82) is 0 Å². The zero-order valence-electron chi connectivity index (χ0n) is 15.2. The molecule has 0 bridgehead atoms. The third-order valence-corrected chi connectivity index (χ3v) is 5.85. The molecule has 3 fully saturated rings. The number of nitrogens with zero attached hydrogens (tertiary/aromatic N) is 4. The first-order valence-corrected chi connectivity index (χ1v) is 9.28. The number of hydrogen-bond donors (Lipinski definition) is 1. The van der Waals surface area contributed by atoms with Gasteiger partial charge in [0.15, 0.2) is 0 Å². The van der Waals surface area contributed by atoms with Crippen LogP contribution < -0.4 is 15.5 Å². The van der Waals surface area contributed by atoms with Crippen molar-refractivity contribution in [3.05, 3.63) is 30.7 Å². The predicted octanol–water partition coefficient (Wildman–Crippen LogP) is 0.903. The summed E-state index contributed by atoms with van der Waals surface area (Å²) in [5, 5.41) is 0. The van der Waals surface area contributed by atoms with Crippen LogP contribution in [0.1, 0.15) is 12.8 Å². The van der Waals surface area contributed by atoms with Crippen LogP contribution in [0.2, 0.25) is 0 Å². The van der Waals surface area contributed by atoms with Crippen LogP contribution in [-0.4, -0.2) is 73.6 Å². The molecule has 3 amide bonds. The highest BCUT2D eigenvalue weighted by atomic mass is 16.2. The van der Waals surface area contributed by atoms with Gasteiger partial charge in [-0.2, -0.15) is 0 Å². The lowest BCUT2D eigenvalue weighted by Crippen LogP contribution is -2.53. The topological polar surface area (TPSA) is 73.1 Å². The van der Waals surface area contributed by atoms with Crippen molar-refractivity contribution in [3.63, 3.8) is 0 Å². The van der Waals surface area contributed by atoms with E-state index >= 15 is 0 Å². The lowest BCUT2D eigenvalue weighted by Gasteiger charge is -2.25. The summed E-state index contributed by atoms with van der Waals surface area (Å²) in [6.07, 6.45) is 3.75. The largest absolute Gasteiger partial charge is 0.370 e. The van der Waals surface area contributed by atoms with E-state index in [1.807, 2.05) is 18.6 Å². The summed E-state index contributed by atoms with van der Waals surface area (Å²) in [5.41, 5.74) is 6.66. The Hall–Kier alpha value is -2.28. The summed E-state index contributed by atoms with van der Waals surface area (Å²) < 4.78 is 0. The van der Waals surface area contributed by atoms with Crippen LogP contribution in [0.25, 0.3) is 0 Å². The van der Waals surface area contributed by atoms with E-state index in [2.05, 4.69) is 29.0 Å². The van der Waals surface area contributed by atoms with Crippen molar-refractivity contribution in [2.75, 3.05) is 56.1 Å².